The first-order chi connectivity index (χ1) is 19.6. The predicted octanol–water partition coefficient (Wildman–Crippen LogP) is 11.0. The van der Waals surface area contributed by atoms with E-state index in [-0.39, 0.29) is 99.2 Å². The second-order valence-electron chi connectivity index (χ2n) is 12.1. The molecule has 244 valence electrons. The number of ether oxygens (including phenoxy) is 1. The van der Waals surface area contributed by atoms with Crippen molar-refractivity contribution in [2.75, 3.05) is 0 Å². The van der Waals surface area contributed by atoms with E-state index in [2.05, 4.69) is 26.0 Å². The van der Waals surface area contributed by atoms with Crippen molar-refractivity contribution in [3.63, 3.8) is 0 Å². The molecule has 0 fully saturated rings. The number of aliphatic hydroxyl groups is 1. The van der Waals surface area contributed by atoms with Gasteiger partial charge in [-0.05, 0) is 38.5 Å². The van der Waals surface area contributed by atoms with Gasteiger partial charge in [-0.1, -0.05) is 161 Å². The zero-order chi connectivity index (χ0) is 29.4. The zero-order valence-electron chi connectivity index (χ0n) is 32.3. The van der Waals surface area contributed by atoms with Crippen LogP contribution in [0.1, 0.15) is 206 Å². The summed E-state index contributed by atoms with van der Waals surface area (Å²) in [4.78, 5) is 23.8. The van der Waals surface area contributed by atoms with Crippen molar-refractivity contribution in [2.45, 2.75) is 206 Å². The van der Waals surface area contributed by atoms with Crippen molar-refractivity contribution >= 4 is 87.4 Å². The summed E-state index contributed by atoms with van der Waals surface area (Å²) >= 11 is 0. The van der Waals surface area contributed by atoms with Crippen LogP contribution in [0.25, 0.3) is 0 Å². The fraction of sp³-hybridized carbons (Fsp3) is 0.889. The topological polar surface area (TPSA) is 63.6 Å². The van der Waals surface area contributed by atoms with Gasteiger partial charge < -0.3 is 15.5 Å². The number of hydrogen-bond acceptors (Lipinski definition) is 4. The molecule has 0 heterocycles. The fourth-order valence-corrected chi connectivity index (χ4v) is 5.23. The van der Waals surface area contributed by atoms with Crippen LogP contribution in [0.5, 0.6) is 0 Å². The predicted molar refractivity (Wildman–Crippen MR) is 187 cm³/mol. The van der Waals surface area contributed by atoms with E-state index < -0.39 is 0 Å². The van der Waals surface area contributed by atoms with E-state index in [0.29, 0.717) is 12.8 Å². The molecule has 0 spiro atoms. The first-order valence-electron chi connectivity index (χ1n) is 17.7. The second kappa shape index (κ2) is 40.4. The molecule has 0 aromatic rings. The molecule has 6 heteroatoms. The Morgan fingerprint density at radius 3 is 1.33 bits per heavy atom. The maximum Gasteiger partial charge on any atom is 2.00 e. The maximum absolute atomic E-state index is 11.9. The number of hydrogen-bond donors (Lipinski definition) is 1. The van der Waals surface area contributed by atoms with Gasteiger partial charge in [-0.25, -0.2) is 0 Å². The molecular formula is C36H72Ca2O4. The molecule has 0 saturated carbocycles. The third-order valence-electron chi connectivity index (χ3n) is 7.93. The average Bonchev–Trinajstić information content (AvgIpc) is 2.94. The Morgan fingerprint density at radius 1 is 0.548 bits per heavy atom. The van der Waals surface area contributed by atoms with Crippen molar-refractivity contribution in [3.05, 3.63) is 12.2 Å². The monoisotopic (exact) mass is 648 g/mol. The molecule has 0 rings (SSSR count). The minimum absolute atomic E-state index is 0. The molecule has 1 atom stereocenters. The zero-order valence-corrected chi connectivity index (χ0v) is 32.7. The Kier molecular flexibility index (Phi) is 45.9. The van der Waals surface area contributed by atoms with Crippen LogP contribution in [0, 0.1) is 0 Å². The Bertz CT molecular complexity index is 602. The quantitative estimate of drug-likeness (QED) is 0.0267. The van der Waals surface area contributed by atoms with E-state index in [4.69, 9.17) is 4.74 Å². The smallest absolute Gasteiger partial charge is 1.00 e. The van der Waals surface area contributed by atoms with E-state index in [1.54, 1.807) is 0 Å². The summed E-state index contributed by atoms with van der Waals surface area (Å²) in [6.07, 6.45) is 37.1. The average molecular weight is 649 g/mol. The van der Waals surface area contributed by atoms with Crippen LogP contribution in [0.3, 0.4) is 0 Å². The maximum atomic E-state index is 11.9. The molecule has 0 amide bonds. The first kappa shape index (κ1) is 47.8. The van der Waals surface area contributed by atoms with Gasteiger partial charge in [-0.2, -0.15) is 0 Å². The minimum atomic E-state index is -0.359. The number of allylic oxidation sites excluding steroid dienone is 1. The van der Waals surface area contributed by atoms with Crippen molar-refractivity contribution < 1.29 is 25.1 Å². The first-order valence-corrected chi connectivity index (χ1v) is 17.7. The van der Waals surface area contributed by atoms with E-state index in [9.17, 15) is 14.7 Å². The third-order valence-corrected chi connectivity index (χ3v) is 7.93. The Hall–Kier alpha value is 1.36. The van der Waals surface area contributed by atoms with Gasteiger partial charge in [0.15, 0.2) is 0 Å². The van der Waals surface area contributed by atoms with Crippen LogP contribution < -0.4 is 0 Å². The van der Waals surface area contributed by atoms with Crippen LogP contribution in [-0.2, 0) is 14.3 Å². The largest absolute Gasteiger partial charge is 2.00 e. The van der Waals surface area contributed by atoms with E-state index >= 15 is 0 Å². The second-order valence-corrected chi connectivity index (χ2v) is 12.1. The van der Waals surface area contributed by atoms with Crippen LogP contribution in [-0.4, -0.2) is 98.6 Å². The minimum Gasteiger partial charge on any atom is -1.00 e. The Balaban J connectivity index is -0.000000507. The summed E-state index contributed by atoms with van der Waals surface area (Å²) in [6.45, 7) is 4.48. The number of carbonyl (C=O) groups excluding carboxylic acids is 2. The van der Waals surface area contributed by atoms with E-state index in [1.807, 2.05) is 0 Å². The summed E-state index contributed by atoms with van der Waals surface area (Å²) < 4.78 is 4.99. The van der Waals surface area contributed by atoms with Crippen molar-refractivity contribution in [1.82, 2.24) is 0 Å². The van der Waals surface area contributed by atoms with Gasteiger partial charge >= 0.3 is 87.4 Å². The summed E-state index contributed by atoms with van der Waals surface area (Å²) in [5.41, 5.74) is 0. The summed E-state index contributed by atoms with van der Waals surface area (Å²) in [5.74, 6) is -0.709. The van der Waals surface area contributed by atoms with Crippen LogP contribution >= 0.6 is 0 Å². The van der Waals surface area contributed by atoms with Crippen molar-refractivity contribution in [2.24, 2.45) is 0 Å². The Morgan fingerprint density at radius 2 is 0.905 bits per heavy atom. The molecule has 1 N–H and O–H groups in total. The summed E-state index contributed by atoms with van der Waals surface area (Å²) in [6, 6.07) is 0. The molecule has 0 bridgehead atoms. The van der Waals surface area contributed by atoms with Gasteiger partial charge in [-0.3, -0.25) is 9.59 Å². The molecular weight excluding hydrogens is 577 g/mol. The van der Waals surface area contributed by atoms with Gasteiger partial charge in [0.1, 0.15) is 0 Å². The summed E-state index contributed by atoms with van der Waals surface area (Å²) in [5, 5.41) is 9.97. The molecule has 0 aromatic heterocycles. The molecule has 0 aromatic carbocycles. The molecule has 4 nitrogen and oxygen atoms in total. The van der Waals surface area contributed by atoms with Crippen molar-refractivity contribution in [3.8, 4) is 0 Å². The van der Waals surface area contributed by atoms with E-state index in [0.717, 1.165) is 70.6 Å². The van der Waals surface area contributed by atoms with Crippen LogP contribution in [0.15, 0.2) is 12.2 Å². The molecule has 0 aliphatic rings. The molecule has 0 unspecified atom stereocenters. The number of carbonyl (C=O) groups is 2. The molecule has 0 radical (unpaired) electrons. The Labute approximate surface area is 327 Å². The number of esters is 2. The summed E-state index contributed by atoms with van der Waals surface area (Å²) in [7, 11) is 0. The van der Waals surface area contributed by atoms with Gasteiger partial charge in [0.05, 0.1) is 6.10 Å². The molecule has 0 saturated heterocycles. The van der Waals surface area contributed by atoms with Gasteiger partial charge in [0.2, 0.25) is 0 Å². The van der Waals surface area contributed by atoms with Gasteiger partial charge in [0.25, 0.3) is 0 Å². The number of unbranched alkanes of at least 4 members (excludes halogenated alkanes) is 22. The van der Waals surface area contributed by atoms with Gasteiger partial charge in [0, 0.05) is 12.8 Å². The van der Waals surface area contributed by atoms with Crippen LogP contribution in [0.4, 0.5) is 0 Å². The molecule has 0 aliphatic carbocycles. The van der Waals surface area contributed by atoms with Crippen molar-refractivity contribution in [1.29, 1.82) is 0 Å². The molecule has 0 aliphatic heterocycles. The fourth-order valence-electron chi connectivity index (χ4n) is 5.23. The molecule has 42 heavy (non-hydrogen) atoms. The normalized spacial score (nSPS) is 11.7. The number of rotatable bonds is 31. The SMILES string of the molecule is CCCCCCCCCCCCCCCCCC(=O)OC(=O)CCCCCCC/C=C\C[C@H](O)CCCCCC.[Ca+2].[Ca+2].[H-].[H-].[H-].[H-]. The standard InChI is InChI=1S/C36H68O4.2Ca.4H/c1-3-5-7-9-10-11-12-13-14-15-16-17-21-24-28-32-35(38)40-36(39)33-29-25-22-19-18-20-23-27-31-34(37)30-26-8-6-4-2;;;;;;/h23,27,34,37H,3-22,24-26,28-33H2,1-2H3;;;;;;/q;2*+2;4*-1/b27-23-;;;;;;/t34-;;;;;;/m1....../s1. The third kappa shape index (κ3) is 39.4. The van der Waals surface area contributed by atoms with Gasteiger partial charge in [-0.15, -0.1) is 0 Å². The number of aliphatic hydroxyl groups excluding tert-OH is 1. The van der Waals surface area contributed by atoms with Crippen LogP contribution in [0.2, 0.25) is 0 Å². The van der Waals surface area contributed by atoms with E-state index in [1.165, 1.54) is 103 Å².